The highest BCUT2D eigenvalue weighted by Crippen LogP contribution is 2.18. The van der Waals surface area contributed by atoms with Gasteiger partial charge in [0.25, 0.3) is 0 Å². The van der Waals surface area contributed by atoms with Crippen LogP contribution in [0.5, 0.6) is 0 Å². The van der Waals surface area contributed by atoms with Crippen molar-refractivity contribution in [2.24, 2.45) is 5.92 Å². The van der Waals surface area contributed by atoms with Gasteiger partial charge in [-0.1, -0.05) is 0 Å². The van der Waals surface area contributed by atoms with E-state index in [2.05, 4.69) is 29.2 Å². The molecular weight excluding hydrogens is 214 g/mol. The molecule has 0 spiro atoms. The van der Waals surface area contributed by atoms with Gasteiger partial charge in [-0.2, -0.15) is 0 Å². The van der Waals surface area contributed by atoms with E-state index in [4.69, 9.17) is 4.74 Å². The lowest BCUT2D eigenvalue weighted by Crippen LogP contribution is -2.47. The molecule has 2 rings (SSSR count). The largest absolute Gasteiger partial charge is 0.374 e. The Kier molecular flexibility index (Phi) is 5.22. The molecule has 1 unspecified atom stereocenters. The van der Waals surface area contributed by atoms with Crippen LogP contribution in [0.25, 0.3) is 0 Å². The Morgan fingerprint density at radius 3 is 2.65 bits per heavy atom. The number of nitrogens with zero attached hydrogens (tertiary/aromatic N) is 2. The molecule has 0 bridgehead atoms. The van der Waals surface area contributed by atoms with Crippen molar-refractivity contribution < 1.29 is 4.74 Å². The summed E-state index contributed by atoms with van der Waals surface area (Å²) in [6, 6.07) is 0. The number of ether oxygens (including phenoxy) is 1. The van der Waals surface area contributed by atoms with Crippen LogP contribution in [0.15, 0.2) is 0 Å². The summed E-state index contributed by atoms with van der Waals surface area (Å²) >= 11 is 0. The maximum Gasteiger partial charge on any atom is 0.0826 e. The third kappa shape index (κ3) is 4.54. The van der Waals surface area contributed by atoms with Crippen LogP contribution in [-0.4, -0.2) is 75.9 Å². The Hall–Kier alpha value is -0.160. The molecule has 0 aromatic heterocycles. The van der Waals surface area contributed by atoms with Gasteiger partial charge in [0, 0.05) is 26.2 Å². The predicted molar refractivity (Wildman–Crippen MR) is 70.3 cm³/mol. The summed E-state index contributed by atoms with van der Waals surface area (Å²) in [5.41, 5.74) is 0. The van der Waals surface area contributed by atoms with E-state index in [-0.39, 0.29) is 0 Å². The van der Waals surface area contributed by atoms with Crippen LogP contribution in [0, 0.1) is 5.92 Å². The number of morpholine rings is 1. The Balaban J connectivity index is 1.64. The lowest BCUT2D eigenvalue weighted by atomic mass is 9.96. The van der Waals surface area contributed by atoms with Crippen molar-refractivity contribution in [3.05, 3.63) is 0 Å². The predicted octanol–water partition coefficient (Wildman–Crippen LogP) is 0.248. The molecule has 1 atom stereocenters. The van der Waals surface area contributed by atoms with Crippen LogP contribution in [0.2, 0.25) is 0 Å². The molecule has 1 N–H and O–H groups in total. The summed E-state index contributed by atoms with van der Waals surface area (Å²) in [4.78, 5) is 4.89. The fourth-order valence-corrected chi connectivity index (χ4v) is 2.89. The molecule has 0 aromatic carbocycles. The Morgan fingerprint density at radius 1 is 1.29 bits per heavy atom. The van der Waals surface area contributed by atoms with Gasteiger partial charge >= 0.3 is 0 Å². The third-order valence-corrected chi connectivity index (χ3v) is 3.80. The Labute approximate surface area is 105 Å². The van der Waals surface area contributed by atoms with E-state index in [0.717, 1.165) is 32.2 Å². The third-order valence-electron chi connectivity index (χ3n) is 3.80. The maximum absolute atomic E-state index is 5.76. The zero-order valence-corrected chi connectivity index (χ0v) is 11.3. The average molecular weight is 241 g/mol. The molecule has 2 saturated heterocycles. The highest BCUT2D eigenvalue weighted by molar-refractivity contribution is 4.78. The fourth-order valence-electron chi connectivity index (χ4n) is 2.89. The first-order chi connectivity index (χ1) is 8.24. The SMILES string of the molecule is CN(C)CC1CCN(CC2CNCCO2)CC1. The van der Waals surface area contributed by atoms with E-state index >= 15 is 0 Å². The van der Waals surface area contributed by atoms with E-state index in [1.165, 1.54) is 32.5 Å². The number of nitrogens with one attached hydrogen (secondary N) is 1. The normalized spacial score (nSPS) is 28.8. The quantitative estimate of drug-likeness (QED) is 0.763. The maximum atomic E-state index is 5.76. The van der Waals surface area contributed by atoms with Gasteiger partial charge in [0.2, 0.25) is 0 Å². The topological polar surface area (TPSA) is 27.7 Å². The molecule has 2 aliphatic heterocycles. The first-order valence-corrected chi connectivity index (χ1v) is 6.93. The monoisotopic (exact) mass is 241 g/mol. The minimum atomic E-state index is 0.411. The summed E-state index contributed by atoms with van der Waals surface area (Å²) in [7, 11) is 4.35. The molecule has 0 radical (unpaired) electrons. The van der Waals surface area contributed by atoms with Gasteiger partial charge in [0.15, 0.2) is 0 Å². The van der Waals surface area contributed by atoms with Crippen LogP contribution in [0.1, 0.15) is 12.8 Å². The standard InChI is InChI=1S/C13H27N3O/c1-15(2)10-12-3-6-16(7-4-12)11-13-9-14-5-8-17-13/h12-14H,3-11H2,1-2H3. The highest BCUT2D eigenvalue weighted by atomic mass is 16.5. The molecule has 17 heavy (non-hydrogen) atoms. The van der Waals surface area contributed by atoms with Gasteiger partial charge in [-0.25, -0.2) is 0 Å². The smallest absolute Gasteiger partial charge is 0.0826 e. The number of piperidine rings is 1. The van der Waals surface area contributed by atoms with Crippen LogP contribution in [0.4, 0.5) is 0 Å². The summed E-state index contributed by atoms with van der Waals surface area (Å²) in [5.74, 6) is 0.895. The van der Waals surface area contributed by atoms with E-state index in [1.807, 2.05) is 0 Å². The molecule has 4 heteroatoms. The van der Waals surface area contributed by atoms with E-state index in [9.17, 15) is 0 Å². The molecular formula is C13H27N3O. The molecule has 0 aromatic rings. The molecule has 0 aliphatic carbocycles. The van der Waals surface area contributed by atoms with Gasteiger partial charge in [0.05, 0.1) is 12.7 Å². The number of hydrogen-bond donors (Lipinski definition) is 1. The van der Waals surface area contributed by atoms with Crippen molar-refractivity contribution in [1.82, 2.24) is 15.1 Å². The van der Waals surface area contributed by atoms with E-state index in [0.29, 0.717) is 6.10 Å². The molecule has 2 fully saturated rings. The first-order valence-electron chi connectivity index (χ1n) is 6.93. The van der Waals surface area contributed by atoms with Gasteiger partial charge in [-0.15, -0.1) is 0 Å². The van der Waals surface area contributed by atoms with Crippen LogP contribution < -0.4 is 5.32 Å². The molecule has 0 amide bonds. The summed E-state index contributed by atoms with van der Waals surface area (Å²) in [6.07, 6.45) is 3.10. The van der Waals surface area contributed by atoms with Gasteiger partial charge < -0.3 is 19.9 Å². The van der Waals surface area contributed by atoms with E-state index < -0.39 is 0 Å². The zero-order valence-electron chi connectivity index (χ0n) is 11.3. The second-order valence-corrected chi connectivity index (χ2v) is 5.70. The molecule has 4 nitrogen and oxygen atoms in total. The number of rotatable bonds is 4. The lowest BCUT2D eigenvalue weighted by molar-refractivity contribution is -0.00134. The Bertz CT molecular complexity index is 209. The minimum Gasteiger partial charge on any atom is -0.374 e. The van der Waals surface area contributed by atoms with Crippen molar-refractivity contribution >= 4 is 0 Å². The second kappa shape index (κ2) is 6.69. The van der Waals surface area contributed by atoms with Gasteiger partial charge in [-0.05, 0) is 45.9 Å². The van der Waals surface area contributed by atoms with Crippen molar-refractivity contribution in [2.45, 2.75) is 18.9 Å². The van der Waals surface area contributed by atoms with Crippen molar-refractivity contribution in [3.63, 3.8) is 0 Å². The summed E-state index contributed by atoms with van der Waals surface area (Å²) in [5, 5.41) is 3.40. The second-order valence-electron chi connectivity index (χ2n) is 5.70. The summed E-state index contributed by atoms with van der Waals surface area (Å²) < 4.78 is 5.76. The molecule has 100 valence electrons. The van der Waals surface area contributed by atoms with Crippen LogP contribution >= 0.6 is 0 Å². The number of likely N-dealkylation sites (tertiary alicyclic amines) is 1. The Morgan fingerprint density at radius 2 is 2.06 bits per heavy atom. The van der Waals surface area contributed by atoms with Gasteiger partial charge in [0.1, 0.15) is 0 Å². The van der Waals surface area contributed by atoms with Gasteiger partial charge in [-0.3, -0.25) is 0 Å². The van der Waals surface area contributed by atoms with Crippen molar-refractivity contribution in [1.29, 1.82) is 0 Å². The average Bonchev–Trinajstić information content (AvgIpc) is 2.32. The first kappa shape index (κ1) is 13.3. The van der Waals surface area contributed by atoms with Crippen LogP contribution in [-0.2, 0) is 4.74 Å². The highest BCUT2D eigenvalue weighted by Gasteiger charge is 2.23. The van der Waals surface area contributed by atoms with Crippen molar-refractivity contribution in [2.75, 3.05) is 60.0 Å². The molecule has 2 aliphatic rings. The fraction of sp³-hybridized carbons (Fsp3) is 1.00. The van der Waals surface area contributed by atoms with Crippen molar-refractivity contribution in [3.8, 4) is 0 Å². The van der Waals surface area contributed by atoms with E-state index in [1.54, 1.807) is 0 Å². The zero-order chi connectivity index (χ0) is 12.1. The molecule has 0 saturated carbocycles. The van der Waals surface area contributed by atoms with Crippen LogP contribution in [0.3, 0.4) is 0 Å². The summed E-state index contributed by atoms with van der Waals surface area (Å²) in [6.45, 7) is 7.77. The minimum absolute atomic E-state index is 0.411. The lowest BCUT2D eigenvalue weighted by Gasteiger charge is -2.36. The molecule has 2 heterocycles. The number of hydrogen-bond acceptors (Lipinski definition) is 4.